The maximum atomic E-state index is 12.4. The third-order valence-corrected chi connectivity index (χ3v) is 4.96. The molecule has 0 aromatic heterocycles. The third-order valence-electron chi connectivity index (χ3n) is 3.56. The number of benzene rings is 1. The van der Waals surface area contributed by atoms with Gasteiger partial charge in [-0.2, -0.15) is 8.78 Å². The predicted octanol–water partition coefficient (Wildman–Crippen LogP) is 2.58. The summed E-state index contributed by atoms with van der Waals surface area (Å²) in [6.07, 6.45) is 2.46. The number of anilines is 1. The van der Waals surface area contributed by atoms with E-state index in [2.05, 4.69) is 10.2 Å². The van der Waals surface area contributed by atoms with E-state index in [1.807, 2.05) is 6.92 Å². The molecule has 1 aromatic rings. The normalized spacial score (nSPS) is 18.1. The van der Waals surface area contributed by atoms with Gasteiger partial charge < -0.3 is 10.2 Å². The molecule has 4 nitrogen and oxygen atoms in total. The quantitative estimate of drug-likeness (QED) is 0.876. The minimum atomic E-state index is -4.51. The van der Waals surface area contributed by atoms with Crippen molar-refractivity contribution >= 4 is 15.5 Å². The minimum Gasteiger partial charge on any atom is -0.381 e. The van der Waals surface area contributed by atoms with Gasteiger partial charge in [-0.3, -0.25) is 0 Å². The molecular formula is C14H20F2N2O2S. The van der Waals surface area contributed by atoms with E-state index >= 15 is 0 Å². The van der Waals surface area contributed by atoms with Crippen LogP contribution >= 0.6 is 0 Å². The first-order valence-electron chi connectivity index (χ1n) is 7.00. The molecule has 2 rings (SSSR count). The summed E-state index contributed by atoms with van der Waals surface area (Å²) in [5.74, 6) is -3.38. The molecule has 21 heavy (non-hydrogen) atoms. The number of rotatable bonds is 6. The number of hydrogen-bond acceptors (Lipinski definition) is 4. The Morgan fingerprint density at radius 1 is 1.19 bits per heavy atom. The standard InChI is InChI=1S/C14H20F2N2O2S/c1-11(10-18-8-2-3-9-18)17-12-4-6-13(7-5-12)21(19,20)14(15)16/h4-7,11,14,17H,2-3,8-10H2,1H3. The lowest BCUT2D eigenvalue weighted by atomic mass is 10.2. The van der Waals surface area contributed by atoms with E-state index in [0.717, 1.165) is 25.3 Å². The molecule has 1 aliphatic heterocycles. The molecule has 1 aromatic carbocycles. The Hall–Kier alpha value is -1.21. The van der Waals surface area contributed by atoms with E-state index in [0.29, 0.717) is 0 Å². The van der Waals surface area contributed by atoms with Crippen molar-refractivity contribution in [3.63, 3.8) is 0 Å². The fourth-order valence-corrected chi connectivity index (χ4v) is 3.25. The lowest BCUT2D eigenvalue weighted by molar-refractivity contribution is 0.234. The van der Waals surface area contributed by atoms with Gasteiger partial charge in [0, 0.05) is 18.3 Å². The first kappa shape index (κ1) is 16.2. The predicted molar refractivity (Wildman–Crippen MR) is 78.4 cm³/mol. The molecule has 1 fully saturated rings. The number of nitrogens with one attached hydrogen (secondary N) is 1. The van der Waals surface area contributed by atoms with E-state index in [-0.39, 0.29) is 10.9 Å². The summed E-state index contributed by atoms with van der Waals surface area (Å²) in [6.45, 7) is 5.17. The monoisotopic (exact) mass is 318 g/mol. The molecule has 118 valence electrons. The summed E-state index contributed by atoms with van der Waals surface area (Å²) in [4.78, 5) is 2.02. The van der Waals surface area contributed by atoms with Gasteiger partial charge in [-0.15, -0.1) is 0 Å². The summed E-state index contributed by atoms with van der Waals surface area (Å²) in [6, 6.07) is 5.69. The highest BCUT2D eigenvalue weighted by Crippen LogP contribution is 2.20. The second-order valence-corrected chi connectivity index (χ2v) is 7.30. The zero-order chi connectivity index (χ0) is 15.5. The summed E-state index contributed by atoms with van der Waals surface area (Å²) < 4.78 is 47.5. The van der Waals surface area contributed by atoms with Gasteiger partial charge in [-0.1, -0.05) is 0 Å². The molecule has 7 heteroatoms. The van der Waals surface area contributed by atoms with Crippen LogP contribution in [0.25, 0.3) is 0 Å². The number of hydrogen-bond donors (Lipinski definition) is 1. The molecule has 1 N–H and O–H groups in total. The lowest BCUT2D eigenvalue weighted by Gasteiger charge is -2.22. The second kappa shape index (κ2) is 6.70. The van der Waals surface area contributed by atoms with Crippen molar-refractivity contribution in [3.05, 3.63) is 24.3 Å². The number of alkyl halides is 2. The molecule has 0 amide bonds. The van der Waals surface area contributed by atoms with E-state index < -0.39 is 15.6 Å². The van der Waals surface area contributed by atoms with Crippen LogP contribution < -0.4 is 5.32 Å². The van der Waals surface area contributed by atoms with Gasteiger partial charge in [-0.25, -0.2) is 8.42 Å². The maximum absolute atomic E-state index is 12.4. The molecule has 1 atom stereocenters. The van der Waals surface area contributed by atoms with Crippen molar-refractivity contribution in [2.75, 3.05) is 25.0 Å². The molecule has 0 radical (unpaired) electrons. The molecule has 1 aliphatic rings. The highest BCUT2D eigenvalue weighted by atomic mass is 32.2. The number of nitrogens with zero attached hydrogens (tertiary/aromatic N) is 1. The van der Waals surface area contributed by atoms with E-state index in [1.165, 1.54) is 37.1 Å². The van der Waals surface area contributed by atoms with E-state index in [4.69, 9.17) is 0 Å². The van der Waals surface area contributed by atoms with Crippen LogP contribution in [0.4, 0.5) is 14.5 Å². The van der Waals surface area contributed by atoms with Gasteiger partial charge in [-0.05, 0) is 57.1 Å². The van der Waals surface area contributed by atoms with Crippen LogP contribution in [0.1, 0.15) is 19.8 Å². The molecule has 0 saturated carbocycles. The average molecular weight is 318 g/mol. The van der Waals surface area contributed by atoms with Gasteiger partial charge in [0.05, 0.1) is 4.90 Å². The van der Waals surface area contributed by atoms with E-state index in [9.17, 15) is 17.2 Å². The molecular weight excluding hydrogens is 298 g/mol. The molecule has 1 heterocycles. The molecule has 1 unspecified atom stereocenters. The summed E-state index contributed by atoms with van der Waals surface area (Å²) >= 11 is 0. The van der Waals surface area contributed by atoms with Gasteiger partial charge in [0.2, 0.25) is 9.84 Å². The van der Waals surface area contributed by atoms with Crippen molar-refractivity contribution in [1.82, 2.24) is 4.90 Å². The summed E-state index contributed by atoms with van der Waals surface area (Å²) in [5, 5.41) is 3.25. The second-order valence-electron chi connectivity index (χ2n) is 5.38. The lowest BCUT2D eigenvalue weighted by Crippen LogP contribution is -2.32. The molecule has 0 bridgehead atoms. The fourth-order valence-electron chi connectivity index (χ4n) is 2.53. The Balaban J connectivity index is 1.96. The third kappa shape index (κ3) is 4.14. The number of likely N-dealkylation sites (tertiary alicyclic amines) is 1. The Kier molecular flexibility index (Phi) is 5.16. The van der Waals surface area contributed by atoms with Crippen LogP contribution in [0.15, 0.2) is 29.2 Å². The molecule has 1 saturated heterocycles. The Labute approximate surface area is 124 Å². The van der Waals surface area contributed by atoms with Gasteiger partial charge in [0.25, 0.3) is 0 Å². The molecule has 0 spiro atoms. The number of halogens is 2. The van der Waals surface area contributed by atoms with Gasteiger partial charge >= 0.3 is 5.76 Å². The highest BCUT2D eigenvalue weighted by molar-refractivity contribution is 7.91. The van der Waals surface area contributed by atoms with Gasteiger partial charge in [0.1, 0.15) is 0 Å². The van der Waals surface area contributed by atoms with Crippen LogP contribution in [0.3, 0.4) is 0 Å². The first-order chi connectivity index (χ1) is 9.89. The topological polar surface area (TPSA) is 49.4 Å². The fraction of sp³-hybridized carbons (Fsp3) is 0.571. The van der Waals surface area contributed by atoms with Crippen LogP contribution in [-0.2, 0) is 9.84 Å². The Morgan fingerprint density at radius 3 is 2.29 bits per heavy atom. The van der Waals surface area contributed by atoms with Crippen molar-refractivity contribution in [2.45, 2.75) is 36.5 Å². The first-order valence-corrected chi connectivity index (χ1v) is 8.55. The average Bonchev–Trinajstić information content (AvgIpc) is 2.91. The zero-order valence-electron chi connectivity index (χ0n) is 11.9. The van der Waals surface area contributed by atoms with Crippen molar-refractivity contribution < 1.29 is 17.2 Å². The van der Waals surface area contributed by atoms with Crippen molar-refractivity contribution in [1.29, 1.82) is 0 Å². The number of sulfone groups is 1. The summed E-state index contributed by atoms with van der Waals surface area (Å²) in [5.41, 5.74) is 0.731. The van der Waals surface area contributed by atoms with Crippen LogP contribution in [0, 0.1) is 0 Å². The van der Waals surface area contributed by atoms with Gasteiger partial charge in [0.15, 0.2) is 0 Å². The highest BCUT2D eigenvalue weighted by Gasteiger charge is 2.26. The van der Waals surface area contributed by atoms with E-state index in [1.54, 1.807) is 0 Å². The SMILES string of the molecule is CC(CN1CCCC1)Nc1ccc(S(=O)(=O)C(F)F)cc1. The minimum absolute atomic E-state index is 0.209. The van der Waals surface area contributed by atoms with Crippen LogP contribution in [0.2, 0.25) is 0 Å². The Morgan fingerprint density at radius 2 is 1.76 bits per heavy atom. The summed E-state index contributed by atoms with van der Waals surface area (Å²) in [7, 11) is -4.51. The van der Waals surface area contributed by atoms with Crippen LogP contribution in [-0.4, -0.2) is 44.8 Å². The van der Waals surface area contributed by atoms with Crippen molar-refractivity contribution in [2.24, 2.45) is 0 Å². The Bertz CT molecular complexity index is 555. The van der Waals surface area contributed by atoms with Crippen molar-refractivity contribution in [3.8, 4) is 0 Å². The zero-order valence-corrected chi connectivity index (χ0v) is 12.7. The smallest absolute Gasteiger partial charge is 0.341 e. The van der Waals surface area contributed by atoms with Crippen LogP contribution in [0.5, 0.6) is 0 Å². The largest absolute Gasteiger partial charge is 0.381 e. The maximum Gasteiger partial charge on any atom is 0.341 e. The molecule has 0 aliphatic carbocycles.